The maximum Gasteiger partial charge on any atom is 0.146 e. The number of H-pyrrole nitrogens is 2. The fraction of sp³-hybridized carbons (Fsp3) is 0.261. The second-order valence-electron chi connectivity index (χ2n) is 7.09. The third kappa shape index (κ3) is 3.29. The average Bonchev–Trinajstić information content (AvgIpc) is 3.35. The van der Waals surface area contributed by atoms with Gasteiger partial charge in [0.15, 0.2) is 0 Å². The Kier molecular flexibility index (Phi) is 4.92. The molecule has 5 heteroatoms. The normalized spacial score (nSPS) is 15.4. The summed E-state index contributed by atoms with van der Waals surface area (Å²) < 4.78 is 5.62. The van der Waals surface area contributed by atoms with Gasteiger partial charge in [-0.2, -0.15) is 0 Å². The Morgan fingerprint density at radius 2 is 2.00 bits per heavy atom. The molecule has 1 aromatic carbocycles. The number of fused-ring (bicyclic) bond motifs is 1. The number of aryl methyl sites for hydroxylation is 2. The molecule has 0 unspecified atom stereocenters. The van der Waals surface area contributed by atoms with E-state index in [0.717, 1.165) is 52.9 Å². The fourth-order valence-electron chi connectivity index (χ4n) is 3.70. The van der Waals surface area contributed by atoms with Crippen LogP contribution in [0.3, 0.4) is 0 Å². The third-order valence-electron chi connectivity index (χ3n) is 5.07. The highest BCUT2D eigenvalue weighted by atomic mass is 16.5. The first-order chi connectivity index (χ1) is 13.6. The summed E-state index contributed by atoms with van der Waals surface area (Å²) in [7, 11) is 1.69. The van der Waals surface area contributed by atoms with Crippen LogP contribution in [0.2, 0.25) is 0 Å². The van der Waals surface area contributed by atoms with Gasteiger partial charge in [-0.25, -0.2) is 4.99 Å². The number of rotatable bonds is 6. The van der Waals surface area contributed by atoms with Crippen molar-refractivity contribution >= 4 is 22.7 Å². The number of nitrogens with one attached hydrogen (secondary N) is 3. The van der Waals surface area contributed by atoms with Gasteiger partial charge in [0.2, 0.25) is 0 Å². The molecule has 0 fully saturated rings. The van der Waals surface area contributed by atoms with E-state index < -0.39 is 0 Å². The Hall–Kier alpha value is -3.05. The van der Waals surface area contributed by atoms with Gasteiger partial charge in [-0.1, -0.05) is 25.1 Å². The topological polar surface area (TPSA) is 65.2 Å². The van der Waals surface area contributed by atoms with Gasteiger partial charge in [0, 0.05) is 40.5 Å². The van der Waals surface area contributed by atoms with Crippen LogP contribution in [-0.2, 0) is 11.3 Å². The summed E-state index contributed by atoms with van der Waals surface area (Å²) in [4.78, 5) is 11.8. The van der Waals surface area contributed by atoms with E-state index in [2.05, 4.69) is 66.4 Å². The molecule has 0 bridgehead atoms. The Bertz CT molecular complexity index is 1110. The first-order valence-corrected chi connectivity index (χ1v) is 9.64. The molecule has 3 aromatic rings. The smallest absolute Gasteiger partial charge is 0.146 e. The number of hydrogen-bond acceptors (Lipinski definition) is 3. The van der Waals surface area contributed by atoms with Crippen molar-refractivity contribution in [2.45, 2.75) is 27.3 Å². The van der Waals surface area contributed by atoms with Crippen molar-refractivity contribution in [3.05, 3.63) is 76.1 Å². The lowest BCUT2D eigenvalue weighted by Crippen LogP contribution is -2.14. The lowest BCUT2D eigenvalue weighted by molar-refractivity contribution is 0.303. The van der Waals surface area contributed by atoms with E-state index in [0.29, 0.717) is 0 Å². The molecule has 3 N–H and O–H groups in total. The van der Waals surface area contributed by atoms with Gasteiger partial charge in [0.05, 0.1) is 18.5 Å². The summed E-state index contributed by atoms with van der Waals surface area (Å²) in [6.45, 7) is 7.98. The fourth-order valence-corrected chi connectivity index (χ4v) is 3.70. The van der Waals surface area contributed by atoms with Gasteiger partial charge in [-0.15, -0.1) is 0 Å². The van der Waals surface area contributed by atoms with Gasteiger partial charge < -0.3 is 20.0 Å². The zero-order chi connectivity index (χ0) is 19.7. The molecule has 28 heavy (non-hydrogen) atoms. The van der Waals surface area contributed by atoms with Crippen LogP contribution in [-0.4, -0.2) is 29.3 Å². The monoisotopic (exact) mass is 374 g/mol. The van der Waals surface area contributed by atoms with Crippen LogP contribution in [0.15, 0.2) is 52.9 Å². The van der Waals surface area contributed by atoms with Gasteiger partial charge in [-0.3, -0.25) is 0 Å². The van der Waals surface area contributed by atoms with E-state index in [4.69, 9.17) is 9.73 Å². The maximum absolute atomic E-state index is 5.62. The predicted octanol–water partition coefficient (Wildman–Crippen LogP) is 4.60. The molecule has 0 saturated heterocycles. The predicted molar refractivity (Wildman–Crippen MR) is 116 cm³/mol. The largest absolute Gasteiger partial charge is 0.494 e. The molecule has 5 nitrogen and oxygen atoms in total. The molecule has 3 heterocycles. The van der Waals surface area contributed by atoms with Crippen LogP contribution >= 0.6 is 0 Å². The molecule has 144 valence electrons. The van der Waals surface area contributed by atoms with E-state index >= 15 is 0 Å². The number of ether oxygens (including phenoxy) is 1. The minimum absolute atomic E-state index is 0.773. The van der Waals surface area contributed by atoms with Crippen LogP contribution in [0.5, 0.6) is 0 Å². The van der Waals surface area contributed by atoms with E-state index in [1.807, 2.05) is 12.1 Å². The first-order valence-electron chi connectivity index (χ1n) is 9.64. The molecule has 0 aliphatic carbocycles. The van der Waals surface area contributed by atoms with E-state index in [1.54, 1.807) is 7.11 Å². The second-order valence-corrected chi connectivity index (χ2v) is 7.09. The second kappa shape index (κ2) is 7.52. The number of benzene rings is 1. The molecule has 0 saturated carbocycles. The molecule has 1 aliphatic heterocycles. The van der Waals surface area contributed by atoms with Crippen molar-refractivity contribution in [3.8, 4) is 0 Å². The van der Waals surface area contributed by atoms with Crippen LogP contribution in [0.1, 0.15) is 35.1 Å². The zero-order valence-corrected chi connectivity index (χ0v) is 16.8. The number of aliphatic imine (C=N–C) groups is 1. The van der Waals surface area contributed by atoms with Crippen LogP contribution in [0, 0.1) is 13.8 Å². The highest BCUT2D eigenvalue weighted by Crippen LogP contribution is 2.29. The Morgan fingerprint density at radius 3 is 2.71 bits per heavy atom. The van der Waals surface area contributed by atoms with Crippen molar-refractivity contribution in [3.63, 3.8) is 0 Å². The summed E-state index contributed by atoms with van der Waals surface area (Å²) in [6.07, 6.45) is 4.06. The molecule has 0 spiro atoms. The summed E-state index contributed by atoms with van der Waals surface area (Å²) in [5.74, 6) is 0.773. The number of aromatic amines is 2. The summed E-state index contributed by atoms with van der Waals surface area (Å²) in [5, 5.41) is 4.67. The number of nitrogens with zero attached hydrogens (tertiary/aromatic N) is 1. The summed E-state index contributed by atoms with van der Waals surface area (Å²) in [6, 6.07) is 10.5. The van der Waals surface area contributed by atoms with Gasteiger partial charge in [0.25, 0.3) is 0 Å². The number of allylic oxidation sites excluding steroid dienone is 1. The first kappa shape index (κ1) is 18.3. The standard InChI is InChI=1S/C23H26N4O/c1-5-24-13-17-16-8-6-7-9-18(16)27-23(17)21-12-22(28-4)20(26-21)11-19-14(2)10-15(3)25-19/h6-12,24-25,27H,5,13H2,1-4H3/b20-11-. The Balaban J connectivity index is 1.81. The van der Waals surface area contributed by atoms with Gasteiger partial charge in [-0.05, 0) is 44.2 Å². The molecule has 0 amide bonds. The van der Waals surface area contributed by atoms with Crippen LogP contribution < -0.4 is 5.32 Å². The van der Waals surface area contributed by atoms with Crippen molar-refractivity contribution < 1.29 is 4.74 Å². The SMILES string of the molecule is CCNCc1c(C2=N/C(=C\c3[nH]c(C)cc3C)C(OC)=C2)[nH]c2ccccc12. The van der Waals surface area contributed by atoms with Gasteiger partial charge in [0.1, 0.15) is 11.5 Å². The summed E-state index contributed by atoms with van der Waals surface area (Å²) in [5.41, 5.74) is 8.51. The number of aromatic nitrogens is 2. The van der Waals surface area contributed by atoms with E-state index in [-0.39, 0.29) is 0 Å². The minimum atomic E-state index is 0.773. The number of methoxy groups -OCH3 is 1. The maximum atomic E-state index is 5.62. The van der Waals surface area contributed by atoms with Crippen LogP contribution in [0.4, 0.5) is 0 Å². The van der Waals surface area contributed by atoms with E-state index in [1.165, 1.54) is 16.5 Å². The lowest BCUT2D eigenvalue weighted by Gasteiger charge is -2.04. The quantitative estimate of drug-likeness (QED) is 0.590. The van der Waals surface area contributed by atoms with Crippen LogP contribution in [0.25, 0.3) is 17.0 Å². The zero-order valence-electron chi connectivity index (χ0n) is 16.8. The highest BCUT2D eigenvalue weighted by molar-refractivity contribution is 6.14. The number of para-hydroxylation sites is 1. The molecule has 0 atom stereocenters. The lowest BCUT2D eigenvalue weighted by atomic mass is 10.1. The number of hydrogen-bond donors (Lipinski definition) is 3. The Morgan fingerprint density at radius 1 is 1.18 bits per heavy atom. The highest BCUT2D eigenvalue weighted by Gasteiger charge is 2.22. The van der Waals surface area contributed by atoms with Crippen molar-refractivity contribution in [2.24, 2.45) is 4.99 Å². The molecular formula is C23H26N4O. The van der Waals surface area contributed by atoms with Crippen molar-refractivity contribution in [1.29, 1.82) is 0 Å². The van der Waals surface area contributed by atoms with Gasteiger partial charge >= 0.3 is 0 Å². The van der Waals surface area contributed by atoms with Crippen molar-refractivity contribution in [1.82, 2.24) is 15.3 Å². The Labute approximate surface area is 165 Å². The molecule has 2 aromatic heterocycles. The molecule has 0 radical (unpaired) electrons. The minimum Gasteiger partial charge on any atom is -0.494 e. The van der Waals surface area contributed by atoms with E-state index in [9.17, 15) is 0 Å². The third-order valence-corrected chi connectivity index (χ3v) is 5.07. The summed E-state index contributed by atoms with van der Waals surface area (Å²) >= 11 is 0. The molecule has 1 aliphatic rings. The molecule has 4 rings (SSSR count). The van der Waals surface area contributed by atoms with Crippen molar-refractivity contribution in [2.75, 3.05) is 13.7 Å². The molecular weight excluding hydrogens is 348 g/mol. The average molecular weight is 374 g/mol.